The van der Waals surface area contributed by atoms with Gasteiger partial charge >= 0.3 is 18.9 Å². The third-order valence-corrected chi connectivity index (χ3v) is 1.90. The Morgan fingerprint density at radius 1 is 1.42 bits per heavy atom. The summed E-state index contributed by atoms with van der Waals surface area (Å²) in [5, 5.41) is 8.88. The number of benzene rings is 1. The average molecular weight is 180 g/mol. The monoisotopic (exact) mass is 180 g/mol. The minimum atomic E-state index is -4.34. The molecule has 0 amide bonds. The van der Waals surface area contributed by atoms with Gasteiger partial charge in [-0.2, -0.15) is 26.6 Å². The molecule has 6 heteroatoms. The number of phenolic OH excluding ortho intramolecular Hbond substituents is 1. The molecule has 0 aliphatic heterocycles. The molecule has 0 aliphatic rings. The second-order valence-corrected chi connectivity index (χ2v) is 3.22. The predicted octanol–water partition coefficient (Wildman–Crippen LogP) is -2.56. The van der Waals surface area contributed by atoms with Crippen LogP contribution in [-0.4, -0.2) is 18.1 Å². The van der Waals surface area contributed by atoms with Crippen LogP contribution in [-0.2, 0) is 10.1 Å². The van der Waals surface area contributed by atoms with E-state index in [1.165, 1.54) is 12.1 Å². The van der Waals surface area contributed by atoms with Crippen LogP contribution in [0, 0.1) is 6.07 Å². The Morgan fingerprint density at radius 3 is 2.33 bits per heavy atom. The smallest absolute Gasteiger partial charge is 0.564 e. The molecule has 0 aliphatic carbocycles. The van der Waals surface area contributed by atoms with Gasteiger partial charge in [-0.3, -0.25) is 4.55 Å². The third-order valence-electron chi connectivity index (χ3n) is 1.06. The van der Waals surface area contributed by atoms with Gasteiger partial charge in [-0.15, -0.1) is 6.07 Å². The van der Waals surface area contributed by atoms with Gasteiger partial charge in [-0.25, -0.2) is 0 Å². The van der Waals surface area contributed by atoms with E-state index in [1.807, 2.05) is 0 Å². The van der Waals surface area contributed by atoms with Crippen LogP contribution in [0.25, 0.3) is 0 Å². The summed E-state index contributed by atoms with van der Waals surface area (Å²) < 4.78 is 29.3. The van der Waals surface area contributed by atoms with Crippen molar-refractivity contribution in [2.24, 2.45) is 0 Å². The van der Waals surface area contributed by atoms with E-state index in [0.29, 0.717) is 0 Å². The third kappa shape index (κ3) is 2.54. The molecule has 4 nitrogen and oxygen atoms in total. The first-order chi connectivity index (χ1) is 5.02. The zero-order valence-corrected chi connectivity index (χ0v) is 7.17. The van der Waals surface area contributed by atoms with Crippen LogP contribution in [0.2, 0.25) is 0 Å². The molecule has 0 fully saturated rings. The van der Waals surface area contributed by atoms with Crippen molar-refractivity contribution in [3.05, 3.63) is 24.3 Å². The number of phenols is 1. The van der Waals surface area contributed by atoms with Gasteiger partial charge in [0.2, 0.25) is 0 Å². The fraction of sp³-hybridized carbons (Fsp3) is 0. The van der Waals surface area contributed by atoms with Crippen LogP contribution in [0.15, 0.2) is 23.1 Å². The molecule has 0 saturated carbocycles. The molecule has 0 saturated heterocycles. The van der Waals surface area contributed by atoms with Gasteiger partial charge in [-0.05, 0) is 0 Å². The van der Waals surface area contributed by atoms with E-state index in [0.717, 1.165) is 6.07 Å². The van der Waals surface area contributed by atoms with Crippen LogP contribution in [0.3, 0.4) is 0 Å². The Bertz CT molecular complexity index is 360. The zero-order valence-electron chi connectivity index (χ0n) is 6.35. The average Bonchev–Trinajstić information content (AvgIpc) is 1.86. The quantitative estimate of drug-likeness (QED) is 0.283. The maximum absolute atomic E-state index is 10.4. The molecule has 0 heterocycles. The van der Waals surface area contributed by atoms with Crippen molar-refractivity contribution in [2.45, 2.75) is 4.90 Å². The second-order valence-electron chi connectivity index (χ2n) is 1.86. The first-order valence-electron chi connectivity index (χ1n) is 2.69. The van der Waals surface area contributed by atoms with Crippen LogP contribution >= 0.6 is 0 Å². The first-order valence-corrected chi connectivity index (χ1v) is 4.13. The largest absolute Gasteiger partial charge is 1.00 e. The summed E-state index contributed by atoms with van der Waals surface area (Å²) in [5.74, 6) is -0.505. The van der Waals surface area contributed by atoms with Crippen molar-refractivity contribution in [1.82, 2.24) is 0 Å². The number of hydrogen-bond donors (Lipinski definition) is 2. The zero-order chi connectivity index (χ0) is 8.48. The maximum atomic E-state index is 10.4. The Kier molecular flexibility index (Phi) is 3.81. The van der Waals surface area contributed by atoms with Crippen molar-refractivity contribution < 1.29 is 36.9 Å². The Hall–Kier alpha value is -0.473. The molecule has 2 N–H and O–H groups in total. The molecule has 12 heavy (non-hydrogen) atoms. The number of hydrogen-bond acceptors (Lipinski definition) is 3. The number of rotatable bonds is 1. The second kappa shape index (κ2) is 3.96. The molecule has 1 aromatic rings. The van der Waals surface area contributed by atoms with E-state index in [-0.39, 0.29) is 18.9 Å². The van der Waals surface area contributed by atoms with Crippen molar-refractivity contribution >= 4 is 10.1 Å². The Morgan fingerprint density at radius 2 is 2.00 bits per heavy atom. The normalized spacial score (nSPS) is 10.4. The molecular weight excluding hydrogens is 175 g/mol. The van der Waals surface area contributed by atoms with Gasteiger partial charge in [0, 0.05) is 10.6 Å². The SMILES string of the molecule is O=S(=O)(O)c1[c-]cccc1O.[Li+]. The van der Waals surface area contributed by atoms with Gasteiger partial charge in [0.25, 0.3) is 10.1 Å². The molecular formula is C6H5LiO4S. The predicted molar refractivity (Wildman–Crippen MR) is 36.8 cm³/mol. The van der Waals surface area contributed by atoms with Crippen molar-refractivity contribution in [1.29, 1.82) is 0 Å². The van der Waals surface area contributed by atoms with Crippen LogP contribution in [0.5, 0.6) is 5.75 Å². The molecule has 0 bridgehead atoms. The van der Waals surface area contributed by atoms with Gasteiger partial charge < -0.3 is 5.11 Å². The van der Waals surface area contributed by atoms with Crippen molar-refractivity contribution in [2.75, 3.05) is 0 Å². The van der Waals surface area contributed by atoms with Crippen molar-refractivity contribution in [3.63, 3.8) is 0 Å². The van der Waals surface area contributed by atoms with Gasteiger partial charge in [0.1, 0.15) is 0 Å². The molecule has 60 valence electrons. The molecule has 0 radical (unpaired) electrons. The fourth-order valence-corrected chi connectivity index (χ4v) is 1.17. The minimum Gasteiger partial charge on any atom is -0.564 e. The van der Waals surface area contributed by atoms with E-state index in [1.54, 1.807) is 0 Å². The summed E-state index contributed by atoms with van der Waals surface area (Å²) >= 11 is 0. The fourth-order valence-electron chi connectivity index (χ4n) is 0.619. The molecule has 1 rings (SSSR count). The standard InChI is InChI=1S/C6H5O4S.Li/c7-5-3-1-2-4-6(5)11(8,9)10;/h1-3,7H,(H,8,9,10);/q-1;+1. The van der Waals surface area contributed by atoms with E-state index < -0.39 is 20.8 Å². The summed E-state index contributed by atoms with van der Waals surface area (Å²) in [7, 11) is -4.34. The summed E-state index contributed by atoms with van der Waals surface area (Å²) in [4.78, 5) is -0.597. The van der Waals surface area contributed by atoms with Gasteiger partial charge in [-0.1, -0.05) is 0 Å². The van der Waals surface area contributed by atoms with Gasteiger partial charge in [0.15, 0.2) is 0 Å². The van der Waals surface area contributed by atoms with E-state index in [2.05, 4.69) is 6.07 Å². The van der Waals surface area contributed by atoms with E-state index in [4.69, 9.17) is 9.66 Å². The van der Waals surface area contributed by atoms with Crippen LogP contribution in [0.4, 0.5) is 0 Å². The first kappa shape index (κ1) is 11.5. The van der Waals surface area contributed by atoms with Crippen LogP contribution < -0.4 is 18.9 Å². The topological polar surface area (TPSA) is 74.6 Å². The molecule has 0 unspecified atom stereocenters. The van der Waals surface area contributed by atoms with Crippen LogP contribution in [0.1, 0.15) is 0 Å². The Balaban J connectivity index is 0.00000121. The molecule has 0 spiro atoms. The molecule has 1 aromatic carbocycles. The number of aromatic hydroxyl groups is 1. The summed E-state index contributed by atoms with van der Waals surface area (Å²) in [6, 6.07) is 6.03. The molecule has 0 aromatic heterocycles. The van der Waals surface area contributed by atoms with E-state index in [9.17, 15) is 8.42 Å². The summed E-state index contributed by atoms with van der Waals surface area (Å²) in [5.41, 5.74) is 0. The minimum absolute atomic E-state index is 0. The van der Waals surface area contributed by atoms with Crippen molar-refractivity contribution in [3.8, 4) is 5.75 Å². The Labute approximate surface area is 82.2 Å². The van der Waals surface area contributed by atoms with E-state index >= 15 is 0 Å². The maximum Gasteiger partial charge on any atom is 1.00 e. The summed E-state index contributed by atoms with van der Waals surface area (Å²) in [6.07, 6.45) is 0. The summed E-state index contributed by atoms with van der Waals surface area (Å²) in [6.45, 7) is 0. The molecule has 0 atom stereocenters. The van der Waals surface area contributed by atoms with Gasteiger partial charge in [0.05, 0.1) is 0 Å².